The number of amides is 1. The number of nitrogens with one attached hydrogen (secondary N) is 1. The van der Waals surface area contributed by atoms with Gasteiger partial charge in [-0.25, -0.2) is 0 Å². The second kappa shape index (κ2) is 6.95. The van der Waals surface area contributed by atoms with E-state index in [0.717, 1.165) is 12.0 Å². The second-order valence-electron chi connectivity index (χ2n) is 3.23. The van der Waals surface area contributed by atoms with E-state index in [-0.39, 0.29) is 5.91 Å². The molecule has 4 heteroatoms. The molecule has 0 bridgehead atoms. The molecule has 0 saturated carbocycles. The van der Waals surface area contributed by atoms with Crippen LogP contribution in [0.1, 0.15) is 12.0 Å². The lowest BCUT2D eigenvalue weighted by Crippen LogP contribution is -2.26. The molecule has 0 aliphatic heterocycles. The largest absolute Gasteiger partial charge is 0.385 e. The van der Waals surface area contributed by atoms with Gasteiger partial charge in [0.2, 0.25) is 5.91 Å². The number of rotatable bonds is 6. The van der Waals surface area contributed by atoms with E-state index in [0.29, 0.717) is 19.6 Å². The van der Waals surface area contributed by atoms with Crippen molar-refractivity contribution in [1.82, 2.24) is 10.3 Å². The summed E-state index contributed by atoms with van der Waals surface area (Å²) in [4.78, 5) is 15.3. The summed E-state index contributed by atoms with van der Waals surface area (Å²) in [7, 11) is 1.65. The fraction of sp³-hybridized carbons (Fsp3) is 0.455. The van der Waals surface area contributed by atoms with Gasteiger partial charge in [-0.1, -0.05) is 0 Å². The maximum absolute atomic E-state index is 11.4. The molecule has 0 saturated heterocycles. The van der Waals surface area contributed by atoms with E-state index < -0.39 is 0 Å². The minimum atomic E-state index is 0.0392. The van der Waals surface area contributed by atoms with Crippen LogP contribution in [0.15, 0.2) is 24.5 Å². The normalized spacial score (nSPS) is 9.93. The molecule has 0 atom stereocenters. The molecule has 0 radical (unpaired) electrons. The van der Waals surface area contributed by atoms with Crippen LogP contribution in [0.5, 0.6) is 0 Å². The number of ether oxygens (including phenoxy) is 1. The van der Waals surface area contributed by atoms with Gasteiger partial charge in [0.1, 0.15) is 0 Å². The lowest BCUT2D eigenvalue weighted by Gasteiger charge is -2.04. The number of carbonyl (C=O) groups excluding carboxylic acids is 1. The zero-order chi connectivity index (χ0) is 10.9. The molecule has 0 fully saturated rings. The van der Waals surface area contributed by atoms with E-state index in [1.807, 2.05) is 12.1 Å². The molecule has 4 nitrogen and oxygen atoms in total. The van der Waals surface area contributed by atoms with Gasteiger partial charge in [0, 0.05) is 32.7 Å². The molecule has 0 spiro atoms. The third-order valence-electron chi connectivity index (χ3n) is 1.96. The Morgan fingerprint density at radius 2 is 2.20 bits per heavy atom. The van der Waals surface area contributed by atoms with Crippen LogP contribution in [0.2, 0.25) is 0 Å². The Balaban J connectivity index is 2.19. The summed E-state index contributed by atoms with van der Waals surface area (Å²) >= 11 is 0. The summed E-state index contributed by atoms with van der Waals surface area (Å²) in [5.74, 6) is 0.0392. The topological polar surface area (TPSA) is 51.2 Å². The molecule has 1 amide bonds. The molecule has 1 heterocycles. The van der Waals surface area contributed by atoms with Gasteiger partial charge in [0.15, 0.2) is 0 Å². The third-order valence-corrected chi connectivity index (χ3v) is 1.96. The van der Waals surface area contributed by atoms with Crippen LogP contribution in [0.25, 0.3) is 0 Å². The van der Waals surface area contributed by atoms with Crippen LogP contribution in [0, 0.1) is 0 Å². The van der Waals surface area contributed by atoms with E-state index in [2.05, 4.69) is 10.3 Å². The van der Waals surface area contributed by atoms with E-state index in [4.69, 9.17) is 4.74 Å². The van der Waals surface area contributed by atoms with Crippen molar-refractivity contribution in [1.29, 1.82) is 0 Å². The molecular formula is C11H16N2O2. The summed E-state index contributed by atoms with van der Waals surface area (Å²) in [6.07, 6.45) is 4.63. The molecule has 0 unspecified atom stereocenters. The van der Waals surface area contributed by atoms with Gasteiger partial charge in [-0.15, -0.1) is 0 Å². The van der Waals surface area contributed by atoms with Crippen molar-refractivity contribution < 1.29 is 9.53 Å². The average Bonchev–Trinajstić information content (AvgIpc) is 2.26. The lowest BCUT2D eigenvalue weighted by atomic mass is 10.2. The minimum absolute atomic E-state index is 0.0392. The SMILES string of the molecule is COCCCNC(=O)Cc1ccncc1. The number of hydrogen-bond acceptors (Lipinski definition) is 3. The van der Waals surface area contributed by atoms with E-state index >= 15 is 0 Å². The molecule has 1 N–H and O–H groups in total. The summed E-state index contributed by atoms with van der Waals surface area (Å²) in [5, 5.41) is 2.83. The first-order valence-corrected chi connectivity index (χ1v) is 4.97. The summed E-state index contributed by atoms with van der Waals surface area (Å²) in [6, 6.07) is 3.68. The van der Waals surface area contributed by atoms with Gasteiger partial charge in [0.25, 0.3) is 0 Å². The number of pyridine rings is 1. The maximum atomic E-state index is 11.4. The molecule has 0 aliphatic carbocycles. The zero-order valence-electron chi connectivity index (χ0n) is 8.90. The van der Waals surface area contributed by atoms with Gasteiger partial charge in [-0.3, -0.25) is 9.78 Å². The minimum Gasteiger partial charge on any atom is -0.385 e. The van der Waals surface area contributed by atoms with Crippen LogP contribution in [0.3, 0.4) is 0 Å². The Bertz CT molecular complexity index is 288. The highest BCUT2D eigenvalue weighted by molar-refractivity contribution is 5.78. The molecular weight excluding hydrogens is 192 g/mol. The molecule has 0 aromatic carbocycles. The van der Waals surface area contributed by atoms with E-state index in [9.17, 15) is 4.79 Å². The second-order valence-corrected chi connectivity index (χ2v) is 3.23. The standard InChI is InChI=1S/C11H16N2O2/c1-15-8-2-5-13-11(14)9-10-3-6-12-7-4-10/h3-4,6-7H,2,5,8-9H2,1H3,(H,13,14). The molecule has 82 valence electrons. The maximum Gasteiger partial charge on any atom is 0.224 e. The van der Waals surface area contributed by atoms with Gasteiger partial charge in [-0.2, -0.15) is 0 Å². The average molecular weight is 208 g/mol. The molecule has 0 aliphatic rings. The van der Waals surface area contributed by atoms with Crippen molar-refractivity contribution in [2.45, 2.75) is 12.8 Å². The first kappa shape index (κ1) is 11.7. The molecule has 1 aromatic heterocycles. The fourth-order valence-corrected chi connectivity index (χ4v) is 1.19. The highest BCUT2D eigenvalue weighted by atomic mass is 16.5. The predicted octanol–water partition coefficient (Wildman–Crippen LogP) is 0.777. The number of hydrogen-bond donors (Lipinski definition) is 1. The van der Waals surface area contributed by atoms with Crippen LogP contribution in [0.4, 0.5) is 0 Å². The number of methoxy groups -OCH3 is 1. The van der Waals surface area contributed by atoms with Crippen LogP contribution >= 0.6 is 0 Å². The van der Waals surface area contributed by atoms with Crippen molar-refractivity contribution in [3.05, 3.63) is 30.1 Å². The number of carbonyl (C=O) groups is 1. The smallest absolute Gasteiger partial charge is 0.224 e. The molecule has 1 rings (SSSR count). The molecule has 1 aromatic rings. The number of nitrogens with zero attached hydrogens (tertiary/aromatic N) is 1. The Morgan fingerprint density at radius 3 is 2.87 bits per heavy atom. The van der Waals surface area contributed by atoms with Crippen molar-refractivity contribution in [3.63, 3.8) is 0 Å². The van der Waals surface area contributed by atoms with Crippen LogP contribution in [-0.2, 0) is 16.0 Å². The molecule has 15 heavy (non-hydrogen) atoms. The fourth-order valence-electron chi connectivity index (χ4n) is 1.19. The summed E-state index contributed by atoms with van der Waals surface area (Å²) in [5.41, 5.74) is 0.981. The monoisotopic (exact) mass is 208 g/mol. The summed E-state index contributed by atoms with van der Waals surface area (Å²) < 4.78 is 4.88. The highest BCUT2D eigenvalue weighted by Crippen LogP contribution is 1.96. The Hall–Kier alpha value is -1.42. The quantitative estimate of drug-likeness (QED) is 0.703. The van der Waals surface area contributed by atoms with Crippen molar-refractivity contribution >= 4 is 5.91 Å². The Kier molecular flexibility index (Phi) is 5.40. The number of aromatic nitrogens is 1. The third kappa shape index (κ3) is 5.12. The van der Waals surface area contributed by atoms with Crippen molar-refractivity contribution in [2.75, 3.05) is 20.3 Å². The van der Waals surface area contributed by atoms with E-state index in [1.165, 1.54) is 0 Å². The van der Waals surface area contributed by atoms with Crippen molar-refractivity contribution in [3.8, 4) is 0 Å². The van der Waals surface area contributed by atoms with Crippen molar-refractivity contribution in [2.24, 2.45) is 0 Å². The van der Waals surface area contributed by atoms with Gasteiger partial charge in [-0.05, 0) is 24.1 Å². The Labute approximate surface area is 89.7 Å². The predicted molar refractivity (Wildman–Crippen MR) is 57.4 cm³/mol. The van der Waals surface area contributed by atoms with Gasteiger partial charge < -0.3 is 10.1 Å². The van der Waals surface area contributed by atoms with E-state index in [1.54, 1.807) is 19.5 Å². The lowest BCUT2D eigenvalue weighted by molar-refractivity contribution is -0.120. The summed E-state index contributed by atoms with van der Waals surface area (Å²) in [6.45, 7) is 1.34. The van der Waals surface area contributed by atoms with Gasteiger partial charge in [0.05, 0.1) is 6.42 Å². The zero-order valence-corrected chi connectivity index (χ0v) is 8.90. The van der Waals surface area contributed by atoms with Crippen LogP contribution in [-0.4, -0.2) is 31.2 Å². The Morgan fingerprint density at radius 1 is 1.47 bits per heavy atom. The van der Waals surface area contributed by atoms with Crippen LogP contribution < -0.4 is 5.32 Å². The first-order valence-electron chi connectivity index (χ1n) is 4.97. The first-order chi connectivity index (χ1) is 7.33. The highest BCUT2D eigenvalue weighted by Gasteiger charge is 2.01. The van der Waals surface area contributed by atoms with Gasteiger partial charge >= 0.3 is 0 Å².